The highest BCUT2D eigenvalue weighted by atomic mass is 79.9. The van der Waals surface area contributed by atoms with Crippen molar-refractivity contribution >= 4 is 21.7 Å². The molecular formula is C9H5BrO3. The van der Waals surface area contributed by atoms with Gasteiger partial charge in [-0.1, -0.05) is 0 Å². The van der Waals surface area contributed by atoms with Crippen LogP contribution in [-0.2, 0) is 0 Å². The minimum Gasteiger partial charge on any atom is -0.461 e. The van der Waals surface area contributed by atoms with E-state index in [9.17, 15) is 4.79 Å². The second kappa shape index (κ2) is 3.22. The lowest BCUT2D eigenvalue weighted by Crippen LogP contribution is -1.97. The fourth-order valence-corrected chi connectivity index (χ4v) is 1.42. The molecule has 0 fully saturated rings. The maximum atomic E-state index is 11.6. The SMILES string of the molecule is O=C(c1ccco1)c1ccoc1Br. The van der Waals surface area contributed by atoms with Crippen LogP contribution < -0.4 is 0 Å². The van der Waals surface area contributed by atoms with E-state index in [-0.39, 0.29) is 5.78 Å². The molecule has 0 bridgehead atoms. The Morgan fingerprint density at radius 2 is 2.08 bits per heavy atom. The minimum atomic E-state index is -0.189. The molecule has 0 radical (unpaired) electrons. The molecule has 0 amide bonds. The molecule has 2 heterocycles. The van der Waals surface area contributed by atoms with Gasteiger partial charge >= 0.3 is 0 Å². The van der Waals surface area contributed by atoms with E-state index in [2.05, 4.69) is 15.9 Å². The number of hydrogen-bond acceptors (Lipinski definition) is 3. The van der Waals surface area contributed by atoms with Gasteiger partial charge in [0.15, 0.2) is 10.4 Å². The van der Waals surface area contributed by atoms with E-state index in [0.717, 1.165) is 0 Å². The molecule has 13 heavy (non-hydrogen) atoms. The van der Waals surface area contributed by atoms with Crippen molar-refractivity contribution in [2.75, 3.05) is 0 Å². The summed E-state index contributed by atoms with van der Waals surface area (Å²) < 4.78 is 10.3. The Balaban J connectivity index is 2.39. The van der Waals surface area contributed by atoms with E-state index in [1.165, 1.54) is 12.5 Å². The molecule has 0 N–H and O–H groups in total. The van der Waals surface area contributed by atoms with Crippen LogP contribution in [0.15, 0.2) is 44.2 Å². The van der Waals surface area contributed by atoms with E-state index in [1.807, 2.05) is 0 Å². The van der Waals surface area contributed by atoms with E-state index in [0.29, 0.717) is 16.0 Å². The van der Waals surface area contributed by atoms with Crippen LogP contribution in [-0.4, -0.2) is 5.78 Å². The van der Waals surface area contributed by atoms with Crippen molar-refractivity contribution < 1.29 is 13.6 Å². The molecule has 0 aromatic carbocycles. The molecule has 0 aliphatic carbocycles. The molecule has 3 nitrogen and oxygen atoms in total. The summed E-state index contributed by atoms with van der Waals surface area (Å²) in [6.07, 6.45) is 2.90. The zero-order valence-corrected chi connectivity index (χ0v) is 8.08. The normalized spacial score (nSPS) is 10.2. The Hall–Kier alpha value is -1.29. The summed E-state index contributed by atoms with van der Waals surface area (Å²) in [5.41, 5.74) is 0.468. The van der Waals surface area contributed by atoms with Gasteiger partial charge in [-0.25, -0.2) is 0 Å². The van der Waals surface area contributed by atoms with Crippen LogP contribution in [0.3, 0.4) is 0 Å². The molecule has 66 valence electrons. The number of furan rings is 2. The first kappa shape index (κ1) is 8.31. The molecule has 0 spiro atoms. The number of carbonyl (C=O) groups excluding carboxylic acids is 1. The van der Waals surface area contributed by atoms with E-state index in [4.69, 9.17) is 8.83 Å². The van der Waals surface area contributed by atoms with Crippen LogP contribution in [0.5, 0.6) is 0 Å². The van der Waals surface area contributed by atoms with Crippen molar-refractivity contribution in [1.29, 1.82) is 0 Å². The molecule has 0 aliphatic heterocycles. The van der Waals surface area contributed by atoms with Gasteiger partial charge in [0.2, 0.25) is 5.78 Å². The number of hydrogen-bond donors (Lipinski definition) is 0. The largest absolute Gasteiger partial charge is 0.461 e. The highest BCUT2D eigenvalue weighted by Gasteiger charge is 2.16. The van der Waals surface area contributed by atoms with E-state index in [1.54, 1.807) is 18.2 Å². The Labute approximate surface area is 82.5 Å². The van der Waals surface area contributed by atoms with Gasteiger partial charge in [0.25, 0.3) is 0 Å². The van der Waals surface area contributed by atoms with Crippen molar-refractivity contribution in [3.05, 3.63) is 46.7 Å². The molecular weight excluding hydrogens is 236 g/mol. The highest BCUT2D eigenvalue weighted by molar-refractivity contribution is 9.10. The third-order valence-corrected chi connectivity index (χ3v) is 2.22. The topological polar surface area (TPSA) is 43.4 Å². The lowest BCUT2D eigenvalue weighted by atomic mass is 10.2. The first-order valence-corrected chi connectivity index (χ1v) is 4.39. The van der Waals surface area contributed by atoms with Crippen molar-refractivity contribution in [1.82, 2.24) is 0 Å². The summed E-state index contributed by atoms with van der Waals surface area (Å²) in [4.78, 5) is 11.6. The van der Waals surface area contributed by atoms with Crippen molar-refractivity contribution in [3.8, 4) is 0 Å². The molecule has 0 saturated heterocycles. The van der Waals surface area contributed by atoms with Crippen molar-refractivity contribution in [3.63, 3.8) is 0 Å². The number of rotatable bonds is 2. The molecule has 2 aromatic heterocycles. The number of ketones is 1. The van der Waals surface area contributed by atoms with Crippen LogP contribution in [0.2, 0.25) is 0 Å². The standard InChI is InChI=1S/C9H5BrO3/c10-9-6(3-5-13-9)8(11)7-2-1-4-12-7/h1-5H. The Morgan fingerprint density at radius 3 is 2.62 bits per heavy atom. The predicted molar refractivity (Wildman–Crippen MR) is 48.5 cm³/mol. The molecule has 2 aromatic rings. The predicted octanol–water partition coefficient (Wildman–Crippen LogP) is 2.87. The number of carbonyl (C=O) groups is 1. The second-order valence-corrected chi connectivity index (χ2v) is 3.13. The molecule has 0 saturated carbocycles. The average molecular weight is 241 g/mol. The van der Waals surface area contributed by atoms with Crippen molar-refractivity contribution in [2.45, 2.75) is 0 Å². The summed E-state index contributed by atoms with van der Waals surface area (Å²) >= 11 is 3.12. The zero-order chi connectivity index (χ0) is 9.26. The molecule has 0 unspecified atom stereocenters. The molecule has 0 aliphatic rings. The first-order valence-electron chi connectivity index (χ1n) is 3.60. The number of halogens is 1. The van der Waals surface area contributed by atoms with Gasteiger partial charge in [-0.2, -0.15) is 0 Å². The van der Waals surface area contributed by atoms with Crippen LogP contribution in [0.4, 0.5) is 0 Å². The summed E-state index contributed by atoms with van der Waals surface area (Å²) in [6.45, 7) is 0. The summed E-state index contributed by atoms with van der Waals surface area (Å²) in [5.74, 6) is 0.118. The van der Waals surface area contributed by atoms with Crippen LogP contribution in [0, 0.1) is 0 Å². The first-order chi connectivity index (χ1) is 6.29. The van der Waals surface area contributed by atoms with Crippen LogP contribution >= 0.6 is 15.9 Å². The van der Waals surface area contributed by atoms with Crippen molar-refractivity contribution in [2.24, 2.45) is 0 Å². The third-order valence-electron chi connectivity index (χ3n) is 1.61. The average Bonchev–Trinajstić information content (AvgIpc) is 2.72. The van der Waals surface area contributed by atoms with Gasteiger partial charge in [0.05, 0.1) is 18.1 Å². The highest BCUT2D eigenvalue weighted by Crippen LogP contribution is 2.20. The van der Waals surface area contributed by atoms with Gasteiger partial charge in [-0.15, -0.1) is 0 Å². The van der Waals surface area contributed by atoms with Gasteiger partial charge in [0, 0.05) is 0 Å². The monoisotopic (exact) mass is 240 g/mol. The lowest BCUT2D eigenvalue weighted by Gasteiger charge is -1.91. The van der Waals surface area contributed by atoms with E-state index >= 15 is 0 Å². The second-order valence-electron chi connectivity index (χ2n) is 2.41. The zero-order valence-electron chi connectivity index (χ0n) is 6.49. The quantitative estimate of drug-likeness (QED) is 0.759. The Bertz CT molecular complexity index is 414. The fraction of sp³-hybridized carbons (Fsp3) is 0. The lowest BCUT2D eigenvalue weighted by molar-refractivity contribution is 0.101. The Kier molecular flexibility index (Phi) is 2.06. The summed E-state index contributed by atoms with van der Waals surface area (Å²) in [5, 5.41) is 0. The van der Waals surface area contributed by atoms with Crippen LogP contribution in [0.1, 0.15) is 16.1 Å². The fourth-order valence-electron chi connectivity index (χ4n) is 0.996. The maximum Gasteiger partial charge on any atom is 0.232 e. The summed E-state index contributed by atoms with van der Waals surface area (Å²) in [7, 11) is 0. The van der Waals surface area contributed by atoms with Gasteiger partial charge in [0.1, 0.15) is 0 Å². The Morgan fingerprint density at radius 1 is 1.23 bits per heavy atom. The minimum absolute atomic E-state index is 0.189. The smallest absolute Gasteiger partial charge is 0.232 e. The molecule has 4 heteroatoms. The maximum absolute atomic E-state index is 11.6. The summed E-state index contributed by atoms with van der Waals surface area (Å²) in [6, 6.07) is 4.87. The third kappa shape index (κ3) is 1.45. The van der Waals surface area contributed by atoms with Gasteiger partial charge in [-0.05, 0) is 34.1 Å². The molecule has 0 atom stereocenters. The van der Waals surface area contributed by atoms with Gasteiger partial charge < -0.3 is 8.83 Å². The van der Waals surface area contributed by atoms with Crippen LogP contribution in [0.25, 0.3) is 0 Å². The van der Waals surface area contributed by atoms with E-state index < -0.39 is 0 Å². The molecule has 2 rings (SSSR count). The van der Waals surface area contributed by atoms with Gasteiger partial charge in [-0.3, -0.25) is 4.79 Å².